The van der Waals surface area contributed by atoms with E-state index in [-0.39, 0.29) is 16.9 Å². The highest BCUT2D eigenvalue weighted by Gasteiger charge is 2.69. The van der Waals surface area contributed by atoms with Gasteiger partial charge in [-0.2, -0.15) is 0 Å². The molecule has 0 aliphatic heterocycles. The number of carbonyl (C=O) groups is 4. The van der Waals surface area contributed by atoms with E-state index in [9.17, 15) is 39.6 Å². The van der Waals surface area contributed by atoms with Gasteiger partial charge in [-0.1, -0.05) is 40.2 Å². The van der Waals surface area contributed by atoms with Gasteiger partial charge < -0.3 is 30.9 Å². The zero-order chi connectivity index (χ0) is 32.1. The van der Waals surface area contributed by atoms with Crippen LogP contribution in [0.2, 0.25) is 0 Å². The van der Waals surface area contributed by atoms with Crippen LogP contribution in [0.3, 0.4) is 0 Å². The van der Waals surface area contributed by atoms with Crippen molar-refractivity contribution >= 4 is 29.2 Å². The monoisotopic (exact) mass is 596 g/mol. The first kappa shape index (κ1) is 30.7. The summed E-state index contributed by atoms with van der Waals surface area (Å²) in [6.07, 6.45) is 0.611. The standard InChI is InChI=1S/C32H40N2O9/c1-12-11-15(31(3,4)5)23(35)18-16(12)13(2)17-19(24(18)36)27(38)32(42)21(26(17)43-30(41)14-9-8-10-14)22(34(6)7)25(37)20(28(32)39)29(33)40/h11,13-14,17,21-22,26,35-36,39,42H,8-10H2,1-7H3,(H2,33,40)/t13-,17+,21+,22-,26-,32-/m0/s1. The van der Waals surface area contributed by atoms with Crippen LogP contribution in [0.25, 0.3) is 5.76 Å². The summed E-state index contributed by atoms with van der Waals surface area (Å²) in [7, 11) is 3.00. The van der Waals surface area contributed by atoms with Crippen LogP contribution in [-0.4, -0.2) is 80.6 Å². The van der Waals surface area contributed by atoms with Crippen LogP contribution in [0.1, 0.15) is 75.1 Å². The summed E-state index contributed by atoms with van der Waals surface area (Å²) in [6, 6.07) is 0.418. The van der Waals surface area contributed by atoms with Crippen LogP contribution in [0, 0.1) is 24.7 Å². The average molecular weight is 597 g/mol. The maximum Gasteiger partial charge on any atom is 0.309 e. The smallest absolute Gasteiger partial charge is 0.309 e. The van der Waals surface area contributed by atoms with Crippen molar-refractivity contribution in [2.24, 2.45) is 23.5 Å². The lowest BCUT2D eigenvalue weighted by Crippen LogP contribution is -2.71. The van der Waals surface area contributed by atoms with Gasteiger partial charge >= 0.3 is 5.97 Å². The van der Waals surface area contributed by atoms with Crippen LogP contribution in [0.5, 0.6) is 5.75 Å². The fraction of sp³-hybridized carbons (Fsp3) is 0.562. The molecule has 0 saturated heterocycles. The van der Waals surface area contributed by atoms with Gasteiger partial charge in [-0.05, 0) is 56.3 Å². The number of primary amides is 1. The Kier molecular flexibility index (Phi) is 7.09. The fourth-order valence-electron chi connectivity index (χ4n) is 7.57. The molecule has 232 valence electrons. The largest absolute Gasteiger partial charge is 0.508 e. The molecule has 6 N–H and O–H groups in total. The number of nitrogens with zero attached hydrogens (tertiary/aromatic N) is 1. The third-order valence-electron chi connectivity index (χ3n) is 9.90. The zero-order valence-corrected chi connectivity index (χ0v) is 25.5. The van der Waals surface area contributed by atoms with Crippen molar-refractivity contribution in [2.75, 3.05) is 14.1 Å². The van der Waals surface area contributed by atoms with Crippen molar-refractivity contribution in [1.29, 1.82) is 0 Å². The second-order valence-electron chi connectivity index (χ2n) is 13.7. The minimum atomic E-state index is -2.96. The van der Waals surface area contributed by atoms with Gasteiger partial charge in [0.1, 0.15) is 28.9 Å². The van der Waals surface area contributed by atoms with E-state index in [0.29, 0.717) is 24.0 Å². The summed E-state index contributed by atoms with van der Waals surface area (Å²) >= 11 is 0. The molecule has 1 aromatic carbocycles. The molecule has 2 saturated carbocycles. The lowest BCUT2D eigenvalue weighted by atomic mass is 9.53. The van der Waals surface area contributed by atoms with Gasteiger partial charge in [0.15, 0.2) is 11.4 Å². The predicted molar refractivity (Wildman–Crippen MR) is 155 cm³/mol. The summed E-state index contributed by atoms with van der Waals surface area (Å²) in [5.41, 5.74) is 2.42. The molecule has 11 heteroatoms. The number of rotatable bonds is 4. The number of Topliss-reactive ketones (excluding diaryl/α,β-unsaturated/α-hetero) is 2. The van der Waals surface area contributed by atoms with Gasteiger partial charge in [-0.3, -0.25) is 24.1 Å². The topological polar surface area (TPSA) is 188 Å². The summed E-state index contributed by atoms with van der Waals surface area (Å²) in [4.78, 5) is 55.3. The van der Waals surface area contributed by atoms with E-state index in [1.807, 2.05) is 33.8 Å². The molecule has 0 aromatic heterocycles. The van der Waals surface area contributed by atoms with Gasteiger partial charge in [0.05, 0.1) is 23.4 Å². The molecule has 5 rings (SSSR count). The maximum absolute atomic E-state index is 14.5. The number of amides is 1. The zero-order valence-electron chi connectivity index (χ0n) is 25.5. The Morgan fingerprint density at radius 3 is 2.21 bits per heavy atom. The van der Waals surface area contributed by atoms with Crippen molar-refractivity contribution in [1.82, 2.24) is 4.90 Å². The van der Waals surface area contributed by atoms with E-state index in [2.05, 4.69) is 0 Å². The summed E-state index contributed by atoms with van der Waals surface area (Å²) in [6.45, 7) is 9.24. The highest BCUT2D eigenvalue weighted by Crippen LogP contribution is 2.58. The van der Waals surface area contributed by atoms with Crippen molar-refractivity contribution in [3.63, 3.8) is 0 Å². The molecule has 2 fully saturated rings. The van der Waals surface area contributed by atoms with E-state index in [1.165, 1.54) is 19.0 Å². The third-order valence-corrected chi connectivity index (χ3v) is 9.90. The molecule has 4 aliphatic rings. The van der Waals surface area contributed by atoms with Crippen LogP contribution in [0.4, 0.5) is 0 Å². The van der Waals surface area contributed by atoms with Crippen LogP contribution in [0.15, 0.2) is 23.0 Å². The molecule has 43 heavy (non-hydrogen) atoms. The van der Waals surface area contributed by atoms with E-state index in [4.69, 9.17) is 10.5 Å². The molecular weight excluding hydrogens is 556 g/mol. The molecule has 11 nitrogen and oxygen atoms in total. The van der Waals surface area contributed by atoms with E-state index < -0.39 is 87.4 Å². The molecule has 0 heterocycles. The Balaban J connectivity index is 1.86. The van der Waals surface area contributed by atoms with Crippen LogP contribution in [-0.2, 0) is 29.3 Å². The Bertz CT molecular complexity index is 1530. The first-order chi connectivity index (χ1) is 19.9. The van der Waals surface area contributed by atoms with Gasteiger partial charge in [-0.25, -0.2) is 0 Å². The lowest BCUT2D eigenvalue weighted by molar-refractivity contribution is -0.189. The Morgan fingerprint density at radius 2 is 1.72 bits per heavy atom. The number of phenolic OH excluding ortho intramolecular Hbond substituents is 1. The van der Waals surface area contributed by atoms with Crippen molar-refractivity contribution in [2.45, 2.75) is 83.0 Å². The van der Waals surface area contributed by atoms with Gasteiger partial charge in [0, 0.05) is 17.1 Å². The maximum atomic E-state index is 14.5. The number of aryl methyl sites for hydroxylation is 1. The molecule has 4 aliphatic carbocycles. The number of phenols is 1. The number of aliphatic hydroxyl groups excluding tert-OH is 2. The number of benzene rings is 1. The molecule has 0 radical (unpaired) electrons. The number of hydrogen-bond donors (Lipinski definition) is 5. The van der Waals surface area contributed by atoms with Crippen molar-refractivity contribution < 1.29 is 44.3 Å². The summed E-state index contributed by atoms with van der Waals surface area (Å²) in [5, 5.41) is 46.9. The second-order valence-corrected chi connectivity index (χ2v) is 13.7. The molecule has 0 spiro atoms. The summed E-state index contributed by atoms with van der Waals surface area (Å²) < 4.78 is 6.11. The number of fused-ring (bicyclic) bond motifs is 3. The number of nitrogens with two attached hydrogens (primary N) is 1. The molecule has 0 unspecified atom stereocenters. The van der Waals surface area contributed by atoms with Gasteiger partial charge in [-0.15, -0.1) is 0 Å². The molecule has 0 bridgehead atoms. The first-order valence-corrected chi connectivity index (χ1v) is 14.6. The van der Waals surface area contributed by atoms with E-state index in [0.717, 1.165) is 12.0 Å². The Hall–Kier alpha value is -3.70. The van der Waals surface area contributed by atoms with Gasteiger partial charge in [0.25, 0.3) is 5.91 Å². The number of aromatic hydroxyl groups is 1. The average Bonchev–Trinajstić information content (AvgIpc) is 2.84. The SMILES string of the molecule is Cc1cc(C(C)(C)C)c(O)c2c1[C@H](C)[C@@H]1C(=C2O)C(=O)[C@]2(O)C(O)=C(C(N)=O)C(=O)[C@@H](N(C)C)[C@@H]2[C@H]1OC(=O)C1CCC1. The number of hydrogen-bond acceptors (Lipinski definition) is 10. The minimum absolute atomic E-state index is 0.0118. The van der Waals surface area contributed by atoms with Crippen molar-refractivity contribution in [3.05, 3.63) is 45.2 Å². The summed E-state index contributed by atoms with van der Waals surface area (Å²) in [5.74, 6) is -9.82. The third kappa shape index (κ3) is 4.15. The first-order valence-electron chi connectivity index (χ1n) is 14.6. The minimum Gasteiger partial charge on any atom is -0.508 e. The van der Waals surface area contributed by atoms with E-state index in [1.54, 1.807) is 6.92 Å². The number of ether oxygens (including phenoxy) is 1. The Morgan fingerprint density at radius 1 is 1.12 bits per heavy atom. The number of likely N-dealkylation sites (N-methyl/N-ethyl adjacent to an activating group) is 1. The highest BCUT2D eigenvalue weighted by atomic mass is 16.5. The highest BCUT2D eigenvalue weighted by molar-refractivity contribution is 6.24. The number of carbonyl (C=O) groups excluding carboxylic acids is 4. The van der Waals surface area contributed by atoms with Crippen LogP contribution < -0.4 is 5.73 Å². The second kappa shape index (κ2) is 9.92. The Labute approximate surface area is 250 Å². The number of aliphatic hydroxyl groups is 3. The molecule has 1 amide bonds. The molecular formula is C32H40N2O9. The van der Waals surface area contributed by atoms with E-state index >= 15 is 0 Å². The van der Waals surface area contributed by atoms with Crippen LogP contribution >= 0.6 is 0 Å². The van der Waals surface area contributed by atoms with Gasteiger partial charge in [0.2, 0.25) is 5.78 Å². The van der Waals surface area contributed by atoms with Crippen molar-refractivity contribution in [3.8, 4) is 5.75 Å². The number of esters is 1. The number of ketones is 2. The quantitative estimate of drug-likeness (QED) is 0.255. The molecule has 1 aromatic rings. The normalized spacial score (nSPS) is 31.0. The predicted octanol–water partition coefficient (Wildman–Crippen LogP) is 2.45. The molecule has 6 atom stereocenters. The fourth-order valence-corrected chi connectivity index (χ4v) is 7.57. The lowest BCUT2D eigenvalue weighted by Gasteiger charge is -2.55.